The highest BCUT2D eigenvalue weighted by molar-refractivity contribution is 6.31. The Morgan fingerprint density at radius 2 is 2.32 bits per heavy atom. The number of pyridine rings is 1. The van der Waals surface area contributed by atoms with Crippen LogP contribution in [0.5, 0.6) is 0 Å². The van der Waals surface area contributed by atoms with E-state index < -0.39 is 5.60 Å². The van der Waals surface area contributed by atoms with Crippen LogP contribution in [0.25, 0.3) is 0 Å². The van der Waals surface area contributed by atoms with Gasteiger partial charge in [0.1, 0.15) is 0 Å². The molecular weight excluding hydrogens is 260 g/mol. The van der Waals surface area contributed by atoms with Crippen molar-refractivity contribution in [3.63, 3.8) is 0 Å². The molecule has 2 fully saturated rings. The van der Waals surface area contributed by atoms with Gasteiger partial charge in [-0.1, -0.05) is 24.4 Å². The Hall–Kier alpha value is -0.640. The van der Waals surface area contributed by atoms with Crippen molar-refractivity contribution < 1.29 is 5.11 Å². The van der Waals surface area contributed by atoms with E-state index in [2.05, 4.69) is 9.88 Å². The van der Waals surface area contributed by atoms with Crippen LogP contribution < -0.4 is 0 Å². The summed E-state index contributed by atoms with van der Waals surface area (Å²) in [4.78, 5) is 6.56. The first-order valence-electron chi connectivity index (χ1n) is 7.20. The molecule has 0 aromatic carbocycles. The van der Waals surface area contributed by atoms with Crippen LogP contribution in [0.3, 0.4) is 0 Å². The molecule has 2 aliphatic rings. The molecule has 0 radical (unpaired) electrons. The van der Waals surface area contributed by atoms with Gasteiger partial charge < -0.3 is 5.11 Å². The highest BCUT2D eigenvalue weighted by Gasteiger charge is 2.42. The molecule has 104 valence electrons. The second-order valence-electron chi connectivity index (χ2n) is 6.00. The number of likely N-dealkylation sites (tertiary alicyclic amines) is 1. The van der Waals surface area contributed by atoms with E-state index in [0.717, 1.165) is 49.5 Å². The zero-order valence-electron chi connectivity index (χ0n) is 11.2. The molecule has 2 heterocycles. The number of aliphatic hydroxyl groups is 1. The van der Waals surface area contributed by atoms with Crippen molar-refractivity contribution in [2.45, 2.75) is 44.2 Å². The minimum atomic E-state index is -0.395. The maximum absolute atomic E-state index is 10.7. The predicted molar refractivity (Wildman–Crippen MR) is 76.0 cm³/mol. The molecule has 0 bridgehead atoms. The minimum absolute atomic E-state index is 0.395. The zero-order chi connectivity index (χ0) is 13.3. The van der Waals surface area contributed by atoms with Gasteiger partial charge in [-0.3, -0.25) is 9.88 Å². The second-order valence-corrected chi connectivity index (χ2v) is 6.41. The summed E-state index contributed by atoms with van der Waals surface area (Å²) < 4.78 is 0. The summed E-state index contributed by atoms with van der Waals surface area (Å²) in [5.74, 6) is 0.436. The number of fused-ring (bicyclic) bond motifs is 1. The normalized spacial score (nSPS) is 32.0. The maximum atomic E-state index is 10.7. The van der Waals surface area contributed by atoms with Crippen LogP contribution in [0.2, 0.25) is 5.02 Å². The number of rotatable bonds is 2. The van der Waals surface area contributed by atoms with Crippen molar-refractivity contribution in [2.24, 2.45) is 5.92 Å². The van der Waals surface area contributed by atoms with E-state index >= 15 is 0 Å². The lowest BCUT2D eigenvalue weighted by molar-refractivity contribution is -0.0967. The average molecular weight is 281 g/mol. The van der Waals surface area contributed by atoms with Gasteiger partial charge in [0, 0.05) is 48.5 Å². The molecule has 19 heavy (non-hydrogen) atoms. The van der Waals surface area contributed by atoms with Crippen molar-refractivity contribution in [3.8, 4) is 0 Å². The third-order valence-corrected chi connectivity index (χ3v) is 5.12. The summed E-state index contributed by atoms with van der Waals surface area (Å²) in [5, 5.41) is 11.5. The average Bonchev–Trinajstić information content (AvgIpc) is 2.41. The molecule has 0 unspecified atom stereocenters. The van der Waals surface area contributed by atoms with Gasteiger partial charge in [0.15, 0.2) is 0 Å². The molecule has 1 aromatic heterocycles. The third kappa shape index (κ3) is 2.78. The molecule has 2 atom stereocenters. The molecule has 4 heteroatoms. The van der Waals surface area contributed by atoms with Crippen LogP contribution in [0.1, 0.15) is 37.7 Å². The van der Waals surface area contributed by atoms with Gasteiger partial charge in [0.05, 0.1) is 5.60 Å². The van der Waals surface area contributed by atoms with Gasteiger partial charge in [-0.25, -0.2) is 0 Å². The number of piperidine rings is 1. The summed E-state index contributed by atoms with van der Waals surface area (Å²) in [5.41, 5.74) is 0.693. The first-order chi connectivity index (χ1) is 9.17. The predicted octanol–water partition coefficient (Wildman–Crippen LogP) is 2.86. The van der Waals surface area contributed by atoms with Gasteiger partial charge in [-0.15, -0.1) is 0 Å². The first-order valence-corrected chi connectivity index (χ1v) is 7.58. The molecule has 0 spiro atoms. The van der Waals surface area contributed by atoms with Crippen LogP contribution in [0.4, 0.5) is 0 Å². The number of hydrogen-bond acceptors (Lipinski definition) is 3. The summed E-state index contributed by atoms with van der Waals surface area (Å²) in [7, 11) is 0. The van der Waals surface area contributed by atoms with E-state index in [1.165, 1.54) is 12.8 Å². The Morgan fingerprint density at radius 1 is 1.42 bits per heavy atom. The number of nitrogens with zero attached hydrogens (tertiary/aromatic N) is 2. The van der Waals surface area contributed by atoms with E-state index in [-0.39, 0.29) is 0 Å². The number of hydrogen-bond donors (Lipinski definition) is 1. The fourth-order valence-electron chi connectivity index (χ4n) is 3.55. The smallest absolute Gasteiger partial charge is 0.0700 e. The quantitative estimate of drug-likeness (QED) is 0.905. The summed E-state index contributed by atoms with van der Waals surface area (Å²) in [6, 6.07) is 1.85. The fourth-order valence-corrected chi connectivity index (χ4v) is 3.72. The van der Waals surface area contributed by atoms with Crippen LogP contribution in [-0.2, 0) is 6.54 Å². The van der Waals surface area contributed by atoms with Gasteiger partial charge in [-0.2, -0.15) is 0 Å². The second kappa shape index (κ2) is 5.39. The molecular formula is C15H21ClN2O. The number of aromatic nitrogens is 1. The van der Waals surface area contributed by atoms with Gasteiger partial charge in [0.2, 0.25) is 0 Å². The summed E-state index contributed by atoms with van der Waals surface area (Å²) in [6.07, 6.45) is 9.06. The minimum Gasteiger partial charge on any atom is -0.390 e. The standard InChI is InChI=1S/C15H21ClN2O/c16-14-4-7-17-9-12(14)10-18-8-6-15(19)5-2-1-3-13(15)11-18/h4,7,9,13,19H,1-3,5-6,8,10-11H2/t13-,15-/m0/s1. The lowest BCUT2D eigenvalue weighted by atomic mass is 9.71. The van der Waals surface area contributed by atoms with Crippen molar-refractivity contribution in [2.75, 3.05) is 13.1 Å². The lowest BCUT2D eigenvalue weighted by Gasteiger charge is -2.47. The molecule has 1 aromatic rings. The molecule has 0 amide bonds. The molecule has 1 N–H and O–H groups in total. The first kappa shape index (κ1) is 13.3. The monoisotopic (exact) mass is 280 g/mol. The Labute approximate surface area is 119 Å². The molecule has 1 aliphatic carbocycles. The van der Waals surface area contributed by atoms with Crippen LogP contribution in [-0.4, -0.2) is 33.7 Å². The molecule has 1 aliphatic heterocycles. The van der Waals surface area contributed by atoms with Crippen molar-refractivity contribution >= 4 is 11.6 Å². The van der Waals surface area contributed by atoms with Gasteiger partial charge >= 0.3 is 0 Å². The van der Waals surface area contributed by atoms with Crippen molar-refractivity contribution in [1.82, 2.24) is 9.88 Å². The van der Waals surface area contributed by atoms with Crippen molar-refractivity contribution in [1.29, 1.82) is 0 Å². The van der Waals surface area contributed by atoms with Crippen molar-refractivity contribution in [3.05, 3.63) is 29.0 Å². The summed E-state index contributed by atoms with van der Waals surface area (Å²) >= 11 is 6.19. The zero-order valence-corrected chi connectivity index (χ0v) is 11.9. The van der Waals surface area contributed by atoms with E-state index in [9.17, 15) is 5.11 Å². The Morgan fingerprint density at radius 3 is 3.16 bits per heavy atom. The molecule has 3 rings (SSSR count). The van der Waals surface area contributed by atoms with E-state index in [1.54, 1.807) is 6.20 Å². The SMILES string of the molecule is O[C@]12CCCC[C@H]1CN(Cc1cnccc1Cl)CC2. The van der Waals surface area contributed by atoms with E-state index in [0.29, 0.717) is 5.92 Å². The summed E-state index contributed by atoms with van der Waals surface area (Å²) in [6.45, 7) is 2.79. The van der Waals surface area contributed by atoms with Crippen LogP contribution >= 0.6 is 11.6 Å². The maximum Gasteiger partial charge on any atom is 0.0700 e. The topological polar surface area (TPSA) is 36.4 Å². The lowest BCUT2D eigenvalue weighted by Crippen LogP contribution is -2.52. The molecule has 3 nitrogen and oxygen atoms in total. The highest BCUT2D eigenvalue weighted by Crippen LogP contribution is 2.40. The van der Waals surface area contributed by atoms with Crippen LogP contribution in [0, 0.1) is 5.92 Å². The third-order valence-electron chi connectivity index (χ3n) is 4.75. The van der Waals surface area contributed by atoms with E-state index in [4.69, 9.17) is 11.6 Å². The largest absolute Gasteiger partial charge is 0.390 e. The number of halogens is 1. The van der Waals surface area contributed by atoms with Crippen LogP contribution in [0.15, 0.2) is 18.5 Å². The molecule has 1 saturated carbocycles. The van der Waals surface area contributed by atoms with Gasteiger partial charge in [0.25, 0.3) is 0 Å². The highest BCUT2D eigenvalue weighted by atomic mass is 35.5. The Bertz CT molecular complexity index is 454. The Kier molecular flexibility index (Phi) is 3.79. The Balaban J connectivity index is 1.67. The fraction of sp³-hybridized carbons (Fsp3) is 0.667. The van der Waals surface area contributed by atoms with E-state index in [1.807, 2.05) is 12.3 Å². The molecule has 1 saturated heterocycles. The van der Waals surface area contributed by atoms with Gasteiger partial charge in [-0.05, 0) is 25.3 Å².